The van der Waals surface area contributed by atoms with Gasteiger partial charge in [-0.1, -0.05) is 154 Å². The maximum atomic E-state index is 6.37. The van der Waals surface area contributed by atoms with Crippen LogP contribution in [0.4, 0.5) is 0 Å². The highest BCUT2D eigenvalue weighted by Crippen LogP contribution is 2.28. The number of benzene rings is 3. The number of ether oxygens (including phenoxy) is 3. The molecule has 0 heterocycles. The Hall–Kier alpha value is -3.92. The molecule has 0 aliphatic rings. The number of nitrogens with zero attached hydrogens (tertiary/aromatic N) is 6. The van der Waals surface area contributed by atoms with Gasteiger partial charge in [-0.15, -0.1) is 15.3 Å². The molecule has 3 unspecified atom stereocenters. The Bertz CT molecular complexity index is 1420. The van der Waals surface area contributed by atoms with Crippen LogP contribution in [0.1, 0.15) is 135 Å². The summed E-state index contributed by atoms with van der Waals surface area (Å²) in [7, 11) is 0.765. The number of rotatable bonds is 31. The molecule has 0 aliphatic heterocycles. The third kappa shape index (κ3) is 17.6. The third-order valence-electron chi connectivity index (χ3n) is 10.9. The van der Waals surface area contributed by atoms with Gasteiger partial charge in [0.15, 0.2) is 0 Å². The first-order chi connectivity index (χ1) is 27.9. The Labute approximate surface area is 348 Å². The zero-order valence-corrected chi connectivity index (χ0v) is 38.5. The third-order valence-corrected chi connectivity index (χ3v) is 11.8. The summed E-state index contributed by atoms with van der Waals surface area (Å²) in [6.07, 6.45) is 14.1. The highest BCUT2D eigenvalue weighted by Gasteiger charge is 2.28. The lowest BCUT2D eigenvalue weighted by Crippen LogP contribution is -2.19. The zero-order chi connectivity index (χ0) is 41.0. The summed E-state index contributed by atoms with van der Waals surface area (Å²) in [6.45, 7) is 16.6. The number of azo groups is 3. The molecule has 10 heteroatoms. The summed E-state index contributed by atoms with van der Waals surface area (Å²) in [6, 6.07) is 24.9. The predicted molar refractivity (Wildman–Crippen MR) is 239 cm³/mol. The van der Waals surface area contributed by atoms with E-state index in [4.69, 9.17) is 44.9 Å². The Morgan fingerprint density at radius 2 is 0.772 bits per heavy atom. The van der Waals surface area contributed by atoms with Crippen molar-refractivity contribution in [1.82, 2.24) is 0 Å². The van der Waals surface area contributed by atoms with Gasteiger partial charge in [-0.2, -0.15) is 15.3 Å². The van der Waals surface area contributed by atoms with Crippen LogP contribution >= 0.6 is 0 Å². The molecule has 9 nitrogen and oxygen atoms in total. The van der Waals surface area contributed by atoms with Crippen LogP contribution in [-0.2, 0) is 19.6 Å². The number of para-hydroxylation sites is 3. The lowest BCUT2D eigenvalue weighted by Gasteiger charge is -2.18. The van der Waals surface area contributed by atoms with Gasteiger partial charge in [-0.3, -0.25) is 0 Å². The van der Waals surface area contributed by atoms with Crippen molar-refractivity contribution in [1.29, 1.82) is 0 Å². The Kier molecular flexibility index (Phi) is 23.7. The average Bonchev–Trinajstić information content (AvgIpc) is 3.25. The van der Waals surface area contributed by atoms with Gasteiger partial charge in [0.1, 0.15) is 17.2 Å². The monoisotopic (exact) mass is 799 g/mol. The first-order valence-electron chi connectivity index (χ1n) is 22.2. The van der Waals surface area contributed by atoms with Crippen LogP contribution in [0.15, 0.2) is 103 Å². The van der Waals surface area contributed by atoms with Crippen LogP contribution < -0.4 is 14.2 Å². The second kappa shape index (κ2) is 28.5. The summed E-state index contributed by atoms with van der Waals surface area (Å²) >= 11 is 0. The van der Waals surface area contributed by atoms with Crippen LogP contribution in [-0.4, -0.2) is 35.8 Å². The summed E-state index contributed by atoms with van der Waals surface area (Å²) in [5.41, 5.74) is 2.94. The van der Waals surface area contributed by atoms with Crippen molar-refractivity contribution in [2.75, 3.05) is 19.8 Å². The molecule has 0 fully saturated rings. The second-order valence-corrected chi connectivity index (χ2v) is 16.0. The SMILES string of the molecule is CCCCC(CC)COc1ccccc1CN=NC(C[SiH3])(N=NCc1ccccc1OCC(CC)CCCC)N=NCc1ccccc1OCC(CC)CCCC. The fourth-order valence-corrected chi connectivity index (χ4v) is 7.01. The van der Waals surface area contributed by atoms with Crippen molar-refractivity contribution in [2.24, 2.45) is 48.4 Å². The number of unbranched alkanes of at least 4 members (excludes halogenated alkanes) is 3. The molecule has 0 bridgehead atoms. The first kappa shape index (κ1) is 47.5. The maximum Gasteiger partial charge on any atom is 0.295 e. The minimum absolute atomic E-state index is 0.344. The fraction of sp³-hybridized carbons (Fsp3) is 0.617. The molecular formula is C47H74N6O3Si. The Balaban J connectivity index is 1.85. The van der Waals surface area contributed by atoms with Gasteiger partial charge in [0.05, 0.1) is 39.5 Å². The molecule has 314 valence electrons. The topological polar surface area (TPSA) is 102 Å². The highest BCUT2D eigenvalue weighted by molar-refractivity contribution is 6.09. The molecule has 57 heavy (non-hydrogen) atoms. The predicted octanol–water partition coefficient (Wildman–Crippen LogP) is 13.2. The lowest BCUT2D eigenvalue weighted by molar-refractivity contribution is 0.231. The van der Waals surface area contributed by atoms with Crippen LogP contribution in [0, 0.1) is 17.8 Å². The molecule has 0 aromatic heterocycles. The molecule has 3 atom stereocenters. The quantitative estimate of drug-likeness (QED) is 0.0478. The molecule has 0 saturated carbocycles. The molecule has 3 aromatic rings. The molecule has 0 amide bonds. The van der Waals surface area contributed by atoms with Crippen LogP contribution in [0.5, 0.6) is 17.2 Å². The van der Waals surface area contributed by atoms with E-state index < -0.39 is 5.79 Å². The van der Waals surface area contributed by atoms with Gasteiger partial charge in [0.2, 0.25) is 0 Å². The summed E-state index contributed by atoms with van der Waals surface area (Å²) in [5.74, 6) is 2.88. The molecule has 0 aliphatic carbocycles. The van der Waals surface area contributed by atoms with Crippen molar-refractivity contribution in [3.05, 3.63) is 89.5 Å². The van der Waals surface area contributed by atoms with Gasteiger partial charge >= 0.3 is 0 Å². The van der Waals surface area contributed by atoms with E-state index in [9.17, 15) is 0 Å². The molecule has 3 aromatic carbocycles. The normalized spacial score (nSPS) is 14.6. The van der Waals surface area contributed by atoms with Gasteiger partial charge < -0.3 is 14.2 Å². The van der Waals surface area contributed by atoms with E-state index >= 15 is 0 Å². The number of hydrogen-bond donors (Lipinski definition) is 0. The van der Waals surface area contributed by atoms with Gasteiger partial charge in [0.25, 0.3) is 5.79 Å². The van der Waals surface area contributed by atoms with Gasteiger partial charge in [-0.05, 0) is 55.2 Å². The minimum Gasteiger partial charge on any atom is -0.493 e. The zero-order valence-electron chi connectivity index (χ0n) is 36.5. The summed E-state index contributed by atoms with van der Waals surface area (Å²) < 4.78 is 19.1. The minimum atomic E-state index is -1.26. The molecule has 0 radical (unpaired) electrons. The van der Waals surface area contributed by atoms with E-state index in [0.29, 0.717) is 63.3 Å². The molecular weight excluding hydrogens is 725 g/mol. The molecule has 0 N–H and O–H groups in total. The summed E-state index contributed by atoms with van der Waals surface area (Å²) in [5, 5.41) is 28.5. The highest BCUT2D eigenvalue weighted by atomic mass is 28.1. The first-order valence-corrected chi connectivity index (χ1v) is 23.6. The average molecular weight is 799 g/mol. The van der Waals surface area contributed by atoms with Gasteiger partial charge in [-0.25, -0.2) is 0 Å². The smallest absolute Gasteiger partial charge is 0.295 e. The van der Waals surface area contributed by atoms with E-state index in [-0.39, 0.29) is 0 Å². The van der Waals surface area contributed by atoms with E-state index in [1.54, 1.807) is 0 Å². The maximum absolute atomic E-state index is 6.37. The van der Waals surface area contributed by atoms with Crippen LogP contribution in [0.25, 0.3) is 0 Å². The van der Waals surface area contributed by atoms with Gasteiger partial charge in [0, 0.05) is 33.0 Å². The van der Waals surface area contributed by atoms with E-state index in [1.807, 2.05) is 54.6 Å². The van der Waals surface area contributed by atoms with E-state index in [2.05, 4.69) is 59.7 Å². The van der Waals surface area contributed by atoms with E-state index in [1.165, 1.54) is 57.8 Å². The van der Waals surface area contributed by atoms with Crippen molar-refractivity contribution >= 4 is 10.2 Å². The molecule has 0 spiro atoms. The van der Waals surface area contributed by atoms with Crippen molar-refractivity contribution in [3.63, 3.8) is 0 Å². The van der Waals surface area contributed by atoms with Crippen molar-refractivity contribution in [3.8, 4) is 17.2 Å². The standard InChI is InChI=1S/C47H74N6O3Si/c1-7-13-22-38(10-4)34-54-44-28-19-16-25-41(44)31-48-51-47(37-57,52-49-32-42-26-17-20-29-45(42)55-35-39(11-5)23-14-8-2)53-50-33-43-27-18-21-30-46(43)56-36-40(12-6)24-15-9-3/h16-21,25-30,38-40H,7-15,22-24,31-37H2,1-6,57H3. The van der Waals surface area contributed by atoms with Crippen molar-refractivity contribution in [2.45, 2.75) is 150 Å². The fourth-order valence-electron chi connectivity index (χ4n) is 6.59. The summed E-state index contributed by atoms with van der Waals surface area (Å²) in [4.78, 5) is 0. The number of hydrogen-bond acceptors (Lipinski definition) is 9. The second-order valence-electron chi connectivity index (χ2n) is 15.3. The van der Waals surface area contributed by atoms with Crippen LogP contribution in [0.3, 0.4) is 0 Å². The van der Waals surface area contributed by atoms with E-state index in [0.717, 1.165) is 63.4 Å². The molecule has 3 rings (SSSR count). The largest absolute Gasteiger partial charge is 0.493 e. The lowest BCUT2D eigenvalue weighted by atomic mass is 10.0. The Morgan fingerprint density at radius 1 is 0.474 bits per heavy atom. The van der Waals surface area contributed by atoms with Crippen LogP contribution in [0.2, 0.25) is 6.04 Å². The Morgan fingerprint density at radius 3 is 1.04 bits per heavy atom. The van der Waals surface area contributed by atoms with Crippen molar-refractivity contribution < 1.29 is 14.2 Å². The molecule has 0 saturated heterocycles.